The number of esters is 3. The lowest BCUT2D eigenvalue weighted by Gasteiger charge is -2.25. The first-order valence-corrected chi connectivity index (χ1v) is 10.6. The predicted molar refractivity (Wildman–Crippen MR) is 116 cm³/mol. The van der Waals surface area contributed by atoms with Gasteiger partial charge in [0.15, 0.2) is 0 Å². The summed E-state index contributed by atoms with van der Waals surface area (Å²) >= 11 is 0. The van der Waals surface area contributed by atoms with Crippen LogP contribution in [0.5, 0.6) is 0 Å². The molecular weight excluding hydrogens is 396 g/mol. The van der Waals surface area contributed by atoms with E-state index in [0.717, 1.165) is 24.0 Å². The minimum atomic E-state index is -0.716. The van der Waals surface area contributed by atoms with Crippen LogP contribution >= 0.6 is 0 Å². The third-order valence-corrected chi connectivity index (χ3v) is 5.69. The molecule has 6 nitrogen and oxygen atoms in total. The van der Waals surface area contributed by atoms with Crippen LogP contribution in [-0.2, 0) is 28.6 Å². The van der Waals surface area contributed by atoms with Gasteiger partial charge in [0.1, 0.15) is 18.3 Å². The molecule has 4 atom stereocenters. The van der Waals surface area contributed by atoms with Crippen LogP contribution in [0.4, 0.5) is 0 Å². The summed E-state index contributed by atoms with van der Waals surface area (Å²) in [6.07, 6.45) is 7.84. The van der Waals surface area contributed by atoms with Gasteiger partial charge in [-0.15, -0.1) is 0 Å². The molecule has 0 aromatic heterocycles. The summed E-state index contributed by atoms with van der Waals surface area (Å²) in [5.74, 6) is -1.95. The third kappa shape index (κ3) is 5.63. The Morgan fingerprint density at radius 1 is 1.16 bits per heavy atom. The zero-order chi connectivity index (χ0) is 22.7. The lowest BCUT2D eigenvalue weighted by atomic mass is 9.85. The Kier molecular flexibility index (Phi) is 6.98. The summed E-state index contributed by atoms with van der Waals surface area (Å²) in [5.41, 5.74) is 3.78. The van der Waals surface area contributed by atoms with Gasteiger partial charge in [-0.1, -0.05) is 29.4 Å². The van der Waals surface area contributed by atoms with E-state index < -0.39 is 36.0 Å². The van der Waals surface area contributed by atoms with Crippen molar-refractivity contribution in [2.45, 2.75) is 71.7 Å². The fourth-order valence-corrected chi connectivity index (χ4v) is 4.14. The average Bonchev–Trinajstić information content (AvgIpc) is 3.12. The fraction of sp³-hybridized carbons (Fsp3) is 0.480. The van der Waals surface area contributed by atoms with E-state index in [2.05, 4.69) is 12.7 Å². The molecule has 2 unspecified atom stereocenters. The van der Waals surface area contributed by atoms with Crippen LogP contribution in [0.1, 0.15) is 53.4 Å². The summed E-state index contributed by atoms with van der Waals surface area (Å²) < 4.78 is 16.7. The van der Waals surface area contributed by atoms with Crippen LogP contribution in [0.2, 0.25) is 0 Å². The van der Waals surface area contributed by atoms with Crippen LogP contribution in [0.3, 0.4) is 0 Å². The first-order chi connectivity index (χ1) is 14.6. The van der Waals surface area contributed by atoms with Crippen LogP contribution in [0.15, 0.2) is 58.7 Å². The van der Waals surface area contributed by atoms with Crippen molar-refractivity contribution < 1.29 is 28.6 Å². The summed E-state index contributed by atoms with van der Waals surface area (Å²) in [5, 5.41) is 0. The van der Waals surface area contributed by atoms with Crippen LogP contribution in [0.25, 0.3) is 0 Å². The molecule has 0 N–H and O–H groups in total. The summed E-state index contributed by atoms with van der Waals surface area (Å²) in [6, 6.07) is 0. The number of rotatable bonds is 5. The number of ether oxygens (including phenoxy) is 3. The lowest BCUT2D eigenvalue weighted by molar-refractivity contribution is -0.145. The topological polar surface area (TPSA) is 78.9 Å². The van der Waals surface area contributed by atoms with Crippen LogP contribution < -0.4 is 0 Å². The molecule has 31 heavy (non-hydrogen) atoms. The highest BCUT2D eigenvalue weighted by molar-refractivity contribution is 5.93. The first-order valence-electron chi connectivity index (χ1n) is 10.6. The molecule has 1 fully saturated rings. The van der Waals surface area contributed by atoms with Gasteiger partial charge in [-0.2, -0.15) is 0 Å². The third-order valence-electron chi connectivity index (χ3n) is 5.69. The molecule has 0 spiro atoms. The number of carbonyl (C=O) groups is 3. The Balaban J connectivity index is 1.82. The molecule has 3 rings (SSSR count). The maximum Gasteiger partial charge on any atom is 0.334 e. The Morgan fingerprint density at radius 2 is 1.90 bits per heavy atom. The highest BCUT2D eigenvalue weighted by Gasteiger charge is 2.46. The highest BCUT2D eigenvalue weighted by atomic mass is 16.6. The average molecular weight is 427 g/mol. The number of fused-ring (bicyclic) bond motifs is 2. The maximum absolute atomic E-state index is 12.7. The van der Waals surface area contributed by atoms with Crippen molar-refractivity contribution in [3.63, 3.8) is 0 Å². The number of hydrogen-bond acceptors (Lipinski definition) is 6. The molecule has 3 aliphatic rings. The van der Waals surface area contributed by atoms with Gasteiger partial charge in [-0.3, -0.25) is 0 Å². The van der Waals surface area contributed by atoms with Gasteiger partial charge in [0.2, 0.25) is 0 Å². The summed E-state index contributed by atoms with van der Waals surface area (Å²) in [4.78, 5) is 37.1. The Hall–Kier alpha value is -2.89. The van der Waals surface area contributed by atoms with Crippen molar-refractivity contribution in [1.82, 2.24) is 0 Å². The molecule has 6 heteroatoms. The van der Waals surface area contributed by atoms with E-state index in [0.29, 0.717) is 12.0 Å². The molecule has 0 radical (unpaired) electrons. The lowest BCUT2D eigenvalue weighted by Crippen LogP contribution is -2.33. The molecule has 0 aromatic carbocycles. The van der Waals surface area contributed by atoms with Crippen molar-refractivity contribution in [2.24, 2.45) is 5.92 Å². The van der Waals surface area contributed by atoms with Crippen molar-refractivity contribution >= 4 is 17.9 Å². The Morgan fingerprint density at radius 3 is 2.61 bits per heavy atom. The van der Waals surface area contributed by atoms with E-state index in [9.17, 15) is 14.4 Å². The quantitative estimate of drug-likeness (QED) is 0.283. The van der Waals surface area contributed by atoms with Gasteiger partial charge in [0.25, 0.3) is 0 Å². The van der Waals surface area contributed by atoms with Crippen molar-refractivity contribution in [3.8, 4) is 0 Å². The van der Waals surface area contributed by atoms with Gasteiger partial charge in [-0.25, -0.2) is 14.4 Å². The van der Waals surface area contributed by atoms with E-state index in [1.165, 1.54) is 11.6 Å². The molecule has 2 aliphatic heterocycles. The monoisotopic (exact) mass is 426 g/mol. The second-order valence-corrected chi connectivity index (χ2v) is 8.76. The zero-order valence-electron chi connectivity index (χ0n) is 18.6. The Bertz CT molecular complexity index is 912. The molecule has 166 valence electrons. The zero-order valence-corrected chi connectivity index (χ0v) is 18.6. The molecule has 1 saturated heterocycles. The normalized spacial score (nSPS) is 29.8. The minimum absolute atomic E-state index is 0.212. The van der Waals surface area contributed by atoms with Crippen molar-refractivity contribution in [1.29, 1.82) is 0 Å². The number of hydrogen-bond donors (Lipinski definition) is 0. The highest BCUT2D eigenvalue weighted by Crippen LogP contribution is 2.38. The standard InChI is InChI=1S/C25H30O6/c1-14(2)7-6-8-15(3)11-22(26)30-20-10-16(4)9-19-12-18(25(28)29-19)13-21-23(20)17(5)24(27)31-21/h7,10-12,19-21,23H,5-6,8-9,13H2,1-4H3/b15-11?,16-10+/t19-,20?,21?,23+/m1/s1. The minimum Gasteiger partial charge on any atom is -0.458 e. The van der Waals surface area contributed by atoms with Gasteiger partial charge >= 0.3 is 17.9 Å². The number of allylic oxidation sites excluding steroid dienone is 3. The van der Waals surface area contributed by atoms with Crippen molar-refractivity contribution in [3.05, 3.63) is 58.7 Å². The van der Waals surface area contributed by atoms with Gasteiger partial charge in [0.05, 0.1) is 5.92 Å². The smallest absolute Gasteiger partial charge is 0.334 e. The largest absolute Gasteiger partial charge is 0.458 e. The van der Waals surface area contributed by atoms with E-state index >= 15 is 0 Å². The second kappa shape index (κ2) is 9.50. The molecule has 0 aromatic rings. The molecule has 2 heterocycles. The van der Waals surface area contributed by atoms with Crippen molar-refractivity contribution in [2.75, 3.05) is 0 Å². The Labute approximate surface area is 183 Å². The molecule has 0 amide bonds. The first kappa shape index (κ1) is 22.8. The van der Waals surface area contributed by atoms with Gasteiger partial charge < -0.3 is 14.2 Å². The number of carbonyl (C=O) groups excluding carboxylic acids is 3. The van der Waals surface area contributed by atoms with Gasteiger partial charge in [-0.05, 0) is 52.7 Å². The summed E-state index contributed by atoms with van der Waals surface area (Å²) in [6.45, 7) is 11.7. The van der Waals surface area contributed by atoms with E-state index in [1.807, 2.05) is 33.8 Å². The van der Waals surface area contributed by atoms with Gasteiger partial charge in [0, 0.05) is 30.1 Å². The summed E-state index contributed by atoms with van der Waals surface area (Å²) in [7, 11) is 0. The molecule has 0 saturated carbocycles. The fourth-order valence-electron chi connectivity index (χ4n) is 4.14. The van der Waals surface area contributed by atoms with E-state index in [-0.39, 0.29) is 18.1 Å². The predicted octanol–water partition coefficient (Wildman–Crippen LogP) is 4.28. The SMILES string of the molecule is C=C1C(=O)OC2CC3=C[C@@H](C/C(C)=C/C(OC(=O)C=C(C)CCC=C(C)C)[C@H]12)OC3=O. The van der Waals surface area contributed by atoms with E-state index in [1.54, 1.807) is 6.08 Å². The molecular formula is C25H30O6. The van der Waals surface area contributed by atoms with Crippen LogP contribution in [-0.4, -0.2) is 36.2 Å². The molecule has 2 bridgehead atoms. The maximum atomic E-state index is 12.7. The van der Waals surface area contributed by atoms with E-state index in [4.69, 9.17) is 14.2 Å². The van der Waals surface area contributed by atoms with Crippen LogP contribution in [0, 0.1) is 5.92 Å². The second-order valence-electron chi connectivity index (χ2n) is 8.76. The molecule has 1 aliphatic carbocycles.